The van der Waals surface area contributed by atoms with Crippen molar-refractivity contribution in [3.05, 3.63) is 52.6 Å². The molecule has 1 aromatic heterocycles. The monoisotopic (exact) mass is 332 g/mol. The number of amides is 1. The van der Waals surface area contributed by atoms with E-state index in [0.29, 0.717) is 16.2 Å². The molecule has 0 bridgehead atoms. The topological polar surface area (TPSA) is 42.4 Å². The van der Waals surface area contributed by atoms with Crippen molar-refractivity contribution >= 4 is 27.7 Å². The van der Waals surface area contributed by atoms with Crippen molar-refractivity contribution in [1.82, 2.24) is 4.98 Å². The average Bonchev–Trinajstić information content (AvgIpc) is 2.47. The van der Waals surface area contributed by atoms with Gasteiger partial charge in [0.05, 0.1) is 6.04 Å². The normalized spacial score (nSPS) is 15.5. The Morgan fingerprint density at radius 3 is 2.75 bits per heavy atom. The lowest BCUT2D eigenvalue weighted by Gasteiger charge is -2.33. The molecule has 0 N–H and O–H groups in total. The van der Waals surface area contributed by atoms with Gasteiger partial charge in [-0.15, -0.1) is 0 Å². The van der Waals surface area contributed by atoms with Crippen molar-refractivity contribution in [3.63, 3.8) is 0 Å². The highest BCUT2D eigenvalue weighted by atomic mass is 79.9. The van der Waals surface area contributed by atoms with Crippen LogP contribution in [0.3, 0.4) is 0 Å². The minimum Gasteiger partial charge on any atom is -0.480 e. The van der Waals surface area contributed by atoms with Crippen LogP contribution in [0.1, 0.15) is 18.5 Å². The Morgan fingerprint density at radius 2 is 2.00 bits per heavy atom. The van der Waals surface area contributed by atoms with Gasteiger partial charge in [0.2, 0.25) is 0 Å². The summed E-state index contributed by atoms with van der Waals surface area (Å²) in [7, 11) is 0. The number of pyridine rings is 1. The first-order valence-corrected chi connectivity index (χ1v) is 7.12. The van der Waals surface area contributed by atoms with E-state index in [-0.39, 0.29) is 18.6 Å². The molecule has 0 aliphatic carbocycles. The Labute approximate surface area is 125 Å². The number of hydrogen-bond acceptors (Lipinski definition) is 3. The van der Waals surface area contributed by atoms with Crippen molar-refractivity contribution in [2.45, 2.75) is 13.0 Å². The van der Waals surface area contributed by atoms with Gasteiger partial charge in [0.1, 0.15) is 4.60 Å². The summed E-state index contributed by atoms with van der Waals surface area (Å²) in [6.45, 7) is 2.04. The summed E-state index contributed by atoms with van der Waals surface area (Å²) in [5.74, 6) is 1.11. The summed E-state index contributed by atoms with van der Waals surface area (Å²) in [5.41, 5.74) is 1.07. The lowest BCUT2D eigenvalue weighted by Crippen LogP contribution is -2.41. The van der Waals surface area contributed by atoms with E-state index in [9.17, 15) is 4.79 Å². The van der Waals surface area contributed by atoms with E-state index in [1.165, 1.54) is 0 Å². The number of halogens is 1. The Bertz CT molecular complexity index is 646. The number of carbonyl (C=O) groups excluding carboxylic acids is 1. The van der Waals surface area contributed by atoms with Gasteiger partial charge in [-0.25, -0.2) is 4.98 Å². The summed E-state index contributed by atoms with van der Waals surface area (Å²) in [6, 6.07) is 13.4. The first kappa shape index (κ1) is 13.1. The van der Waals surface area contributed by atoms with Gasteiger partial charge in [-0.1, -0.05) is 30.3 Å². The highest BCUT2D eigenvalue weighted by Crippen LogP contribution is 2.36. The van der Waals surface area contributed by atoms with Crippen LogP contribution in [-0.2, 0) is 4.79 Å². The smallest absolute Gasteiger partial charge is 0.266 e. The molecule has 1 aromatic carbocycles. The number of ether oxygens (including phenoxy) is 1. The van der Waals surface area contributed by atoms with Crippen LogP contribution in [-0.4, -0.2) is 17.5 Å². The number of benzene rings is 1. The number of rotatable bonds is 2. The Hall–Kier alpha value is -1.88. The van der Waals surface area contributed by atoms with E-state index >= 15 is 0 Å². The Balaban J connectivity index is 2.05. The van der Waals surface area contributed by atoms with Crippen LogP contribution in [0.5, 0.6) is 5.75 Å². The van der Waals surface area contributed by atoms with Gasteiger partial charge in [-0.05, 0) is 40.5 Å². The molecule has 2 aromatic rings. The number of aromatic nitrogens is 1. The lowest BCUT2D eigenvalue weighted by molar-refractivity contribution is -0.121. The third-order valence-electron chi connectivity index (χ3n) is 3.32. The first-order valence-electron chi connectivity index (χ1n) is 6.33. The molecular weight excluding hydrogens is 320 g/mol. The zero-order chi connectivity index (χ0) is 14.1. The van der Waals surface area contributed by atoms with Crippen LogP contribution in [0.25, 0.3) is 0 Å². The predicted octanol–water partition coefficient (Wildman–Crippen LogP) is 3.33. The summed E-state index contributed by atoms with van der Waals surface area (Å²) in [5, 5.41) is 0. The van der Waals surface area contributed by atoms with Crippen molar-refractivity contribution < 1.29 is 9.53 Å². The molecule has 1 aliphatic rings. The highest BCUT2D eigenvalue weighted by molar-refractivity contribution is 9.10. The maximum Gasteiger partial charge on any atom is 0.266 e. The van der Waals surface area contributed by atoms with Gasteiger partial charge in [0.15, 0.2) is 18.2 Å². The van der Waals surface area contributed by atoms with Crippen LogP contribution in [0.2, 0.25) is 0 Å². The maximum atomic E-state index is 12.2. The summed E-state index contributed by atoms with van der Waals surface area (Å²) in [4.78, 5) is 18.3. The molecule has 0 radical (unpaired) electrons. The quantitative estimate of drug-likeness (QED) is 0.792. The summed E-state index contributed by atoms with van der Waals surface area (Å²) >= 11 is 3.34. The molecule has 102 valence electrons. The fourth-order valence-electron chi connectivity index (χ4n) is 2.30. The average molecular weight is 333 g/mol. The minimum atomic E-state index is -0.0897. The zero-order valence-corrected chi connectivity index (χ0v) is 12.5. The van der Waals surface area contributed by atoms with Crippen molar-refractivity contribution in [3.8, 4) is 5.75 Å². The second-order valence-electron chi connectivity index (χ2n) is 4.59. The second-order valence-corrected chi connectivity index (χ2v) is 5.41. The fourth-order valence-corrected chi connectivity index (χ4v) is 2.61. The largest absolute Gasteiger partial charge is 0.480 e. The summed E-state index contributed by atoms with van der Waals surface area (Å²) < 4.78 is 6.11. The van der Waals surface area contributed by atoms with E-state index in [4.69, 9.17) is 4.74 Å². The van der Waals surface area contributed by atoms with Crippen LogP contribution in [0.15, 0.2) is 47.1 Å². The second kappa shape index (κ2) is 5.25. The molecule has 0 saturated carbocycles. The zero-order valence-electron chi connectivity index (χ0n) is 10.9. The first-order chi connectivity index (χ1) is 9.66. The van der Waals surface area contributed by atoms with Crippen LogP contribution < -0.4 is 9.64 Å². The van der Waals surface area contributed by atoms with Gasteiger partial charge in [-0.2, -0.15) is 0 Å². The van der Waals surface area contributed by atoms with E-state index in [1.54, 1.807) is 11.0 Å². The van der Waals surface area contributed by atoms with Crippen molar-refractivity contribution in [2.24, 2.45) is 0 Å². The third kappa shape index (κ3) is 2.29. The molecule has 1 aliphatic heterocycles. The fraction of sp³-hybridized carbons (Fsp3) is 0.200. The lowest BCUT2D eigenvalue weighted by atomic mass is 10.1. The molecule has 4 nitrogen and oxygen atoms in total. The summed E-state index contributed by atoms with van der Waals surface area (Å²) in [6.07, 6.45) is 0. The molecular formula is C15H13BrN2O2. The molecule has 0 fully saturated rings. The van der Waals surface area contributed by atoms with Gasteiger partial charge in [0.25, 0.3) is 5.91 Å². The predicted molar refractivity (Wildman–Crippen MR) is 79.8 cm³/mol. The maximum absolute atomic E-state index is 12.2. The Morgan fingerprint density at radius 1 is 1.25 bits per heavy atom. The molecule has 1 unspecified atom stereocenters. The van der Waals surface area contributed by atoms with E-state index < -0.39 is 0 Å². The van der Waals surface area contributed by atoms with E-state index in [2.05, 4.69) is 20.9 Å². The van der Waals surface area contributed by atoms with Crippen LogP contribution in [0.4, 0.5) is 5.82 Å². The highest BCUT2D eigenvalue weighted by Gasteiger charge is 2.31. The third-order valence-corrected chi connectivity index (χ3v) is 3.76. The van der Waals surface area contributed by atoms with Gasteiger partial charge < -0.3 is 4.74 Å². The van der Waals surface area contributed by atoms with Crippen molar-refractivity contribution in [1.29, 1.82) is 0 Å². The van der Waals surface area contributed by atoms with Crippen LogP contribution in [0, 0.1) is 0 Å². The van der Waals surface area contributed by atoms with E-state index in [1.807, 2.05) is 43.3 Å². The van der Waals surface area contributed by atoms with Gasteiger partial charge >= 0.3 is 0 Å². The number of anilines is 1. The standard InChI is InChI=1S/C15H13BrN2O2/c1-10(11-5-3-2-4-6-11)18-14(19)9-20-12-7-8-13(16)17-15(12)18/h2-8,10H,9H2,1H3. The van der Waals surface area contributed by atoms with Gasteiger partial charge in [-0.3, -0.25) is 9.69 Å². The molecule has 0 spiro atoms. The molecule has 20 heavy (non-hydrogen) atoms. The number of carbonyl (C=O) groups is 1. The molecule has 3 rings (SSSR count). The Kier molecular flexibility index (Phi) is 3.44. The molecule has 5 heteroatoms. The van der Waals surface area contributed by atoms with E-state index in [0.717, 1.165) is 5.56 Å². The molecule has 1 atom stereocenters. The number of fused-ring (bicyclic) bond motifs is 1. The van der Waals surface area contributed by atoms with Crippen molar-refractivity contribution in [2.75, 3.05) is 11.5 Å². The van der Waals surface area contributed by atoms with Crippen LogP contribution >= 0.6 is 15.9 Å². The molecule has 1 amide bonds. The molecule has 2 heterocycles. The number of nitrogens with zero attached hydrogens (tertiary/aromatic N) is 2. The number of hydrogen-bond donors (Lipinski definition) is 0. The SMILES string of the molecule is CC(c1ccccc1)N1C(=O)COc2ccc(Br)nc21. The van der Waals surface area contributed by atoms with Gasteiger partial charge in [0, 0.05) is 0 Å². The minimum absolute atomic E-state index is 0.0491. The molecule has 0 saturated heterocycles.